The van der Waals surface area contributed by atoms with Crippen LogP contribution in [0.2, 0.25) is 0 Å². The van der Waals surface area contributed by atoms with Gasteiger partial charge in [0.05, 0.1) is 16.6 Å². The van der Waals surface area contributed by atoms with Gasteiger partial charge in [-0.2, -0.15) is 13.2 Å². The van der Waals surface area contributed by atoms with Crippen molar-refractivity contribution in [3.8, 4) is 0 Å². The fraction of sp³-hybridized carbons (Fsp3) is 0.611. The first kappa shape index (κ1) is 19.6. The van der Waals surface area contributed by atoms with Crippen molar-refractivity contribution in [2.75, 3.05) is 26.8 Å². The van der Waals surface area contributed by atoms with Crippen molar-refractivity contribution >= 4 is 17.0 Å². The van der Waals surface area contributed by atoms with Crippen LogP contribution in [0, 0.1) is 0 Å². The highest BCUT2D eigenvalue weighted by molar-refractivity contribution is 5.82. The van der Waals surface area contributed by atoms with Crippen LogP contribution in [0.15, 0.2) is 10.6 Å². The van der Waals surface area contributed by atoms with Gasteiger partial charge in [-0.3, -0.25) is 4.79 Å². The number of aromatic nitrogens is 2. The van der Waals surface area contributed by atoms with Crippen molar-refractivity contribution in [2.24, 2.45) is 0 Å². The Bertz CT molecular complexity index is 832. The number of hydrogen-bond acceptors (Lipinski definition) is 5. The van der Waals surface area contributed by atoms with Gasteiger partial charge in [0.1, 0.15) is 6.61 Å². The van der Waals surface area contributed by atoms with Crippen molar-refractivity contribution in [1.29, 1.82) is 0 Å². The van der Waals surface area contributed by atoms with Crippen LogP contribution in [0.3, 0.4) is 0 Å². The molecule has 148 valence electrons. The average molecular weight is 385 g/mol. The molecule has 0 radical (unpaired) electrons. The van der Waals surface area contributed by atoms with Crippen LogP contribution in [-0.4, -0.2) is 47.8 Å². The van der Waals surface area contributed by atoms with Gasteiger partial charge < -0.3 is 14.2 Å². The average Bonchev–Trinajstić information content (AvgIpc) is 3.04. The van der Waals surface area contributed by atoms with Crippen molar-refractivity contribution in [3.05, 3.63) is 23.0 Å². The Morgan fingerprint density at radius 3 is 2.81 bits per heavy atom. The van der Waals surface area contributed by atoms with E-state index in [1.54, 1.807) is 18.7 Å². The third-order valence-corrected chi connectivity index (χ3v) is 4.82. The topological polar surface area (TPSA) is 68.5 Å². The largest absolute Gasteiger partial charge is 0.417 e. The molecule has 9 heteroatoms. The number of carbonyl (C=O) groups excluding carboxylic acids is 1. The zero-order chi connectivity index (χ0) is 19.8. The predicted octanol–water partition coefficient (Wildman–Crippen LogP) is 3.72. The number of halogens is 3. The molecule has 0 N–H and O–H groups in total. The first-order valence-corrected chi connectivity index (χ1v) is 8.86. The number of carbonyl (C=O) groups is 1. The highest BCUT2D eigenvalue weighted by Gasteiger charge is 2.38. The minimum absolute atomic E-state index is 0.0562. The zero-order valence-electron chi connectivity index (χ0n) is 15.5. The molecule has 3 heterocycles. The number of ether oxygens (including phenoxy) is 1. The monoisotopic (exact) mass is 385 g/mol. The molecular formula is C18H22F3N3O3. The molecule has 0 aliphatic carbocycles. The molecule has 2 aromatic heterocycles. The Labute approximate surface area is 154 Å². The van der Waals surface area contributed by atoms with E-state index in [1.807, 2.05) is 0 Å². The van der Waals surface area contributed by atoms with E-state index in [0.29, 0.717) is 25.1 Å². The van der Waals surface area contributed by atoms with Crippen LogP contribution >= 0.6 is 0 Å². The lowest BCUT2D eigenvalue weighted by Gasteiger charge is -2.32. The highest BCUT2D eigenvalue weighted by Crippen LogP contribution is 2.40. The quantitative estimate of drug-likeness (QED) is 0.802. The van der Waals surface area contributed by atoms with Gasteiger partial charge in [-0.25, -0.2) is 4.98 Å². The van der Waals surface area contributed by atoms with Gasteiger partial charge in [-0.05, 0) is 24.8 Å². The minimum Gasteiger partial charge on any atom is -0.375 e. The SMILES string of the molecule is COCC(=O)N1CCC[C@@H](c2noc3nc(C(C)C)cc(C(F)(F)F)c23)C1. The highest BCUT2D eigenvalue weighted by atomic mass is 19.4. The molecule has 1 saturated heterocycles. The molecule has 2 aromatic rings. The summed E-state index contributed by atoms with van der Waals surface area (Å²) in [6.07, 6.45) is -3.25. The lowest BCUT2D eigenvalue weighted by molar-refractivity contribution is -0.137. The number of alkyl halides is 3. The van der Waals surface area contributed by atoms with Crippen molar-refractivity contribution in [2.45, 2.75) is 44.7 Å². The van der Waals surface area contributed by atoms with E-state index in [4.69, 9.17) is 9.26 Å². The Hall–Kier alpha value is -2.16. The number of pyridine rings is 1. The summed E-state index contributed by atoms with van der Waals surface area (Å²) in [5.41, 5.74) is -0.371. The maximum absolute atomic E-state index is 13.7. The summed E-state index contributed by atoms with van der Waals surface area (Å²) < 4.78 is 51.2. The van der Waals surface area contributed by atoms with E-state index in [9.17, 15) is 18.0 Å². The molecule has 27 heavy (non-hydrogen) atoms. The standard InChI is InChI=1S/C18H22F3N3O3/c1-10(2)13-7-12(18(19,20)21)15-16(23-27-17(15)22-13)11-5-4-6-24(8-11)14(25)9-26-3/h7,10-11H,4-6,8-9H2,1-3H3/t11-/m1/s1. The first-order chi connectivity index (χ1) is 12.7. The molecule has 1 atom stereocenters. The van der Waals surface area contributed by atoms with E-state index in [-0.39, 0.29) is 47.7 Å². The molecular weight excluding hydrogens is 363 g/mol. The Balaban J connectivity index is 2.03. The van der Waals surface area contributed by atoms with Crippen LogP contribution in [0.5, 0.6) is 0 Å². The lowest BCUT2D eigenvalue weighted by Crippen LogP contribution is -2.41. The van der Waals surface area contributed by atoms with Crippen LogP contribution in [0.1, 0.15) is 55.5 Å². The zero-order valence-corrected chi connectivity index (χ0v) is 15.5. The minimum atomic E-state index is -4.55. The van der Waals surface area contributed by atoms with Gasteiger partial charge in [0, 0.05) is 31.8 Å². The molecule has 0 bridgehead atoms. The molecule has 6 nitrogen and oxygen atoms in total. The molecule has 1 amide bonds. The van der Waals surface area contributed by atoms with E-state index >= 15 is 0 Å². The Morgan fingerprint density at radius 1 is 1.44 bits per heavy atom. The summed E-state index contributed by atoms with van der Waals surface area (Å²) in [5.74, 6) is -0.708. The van der Waals surface area contributed by atoms with Crippen LogP contribution in [0.4, 0.5) is 13.2 Å². The third-order valence-electron chi connectivity index (χ3n) is 4.82. The van der Waals surface area contributed by atoms with E-state index in [0.717, 1.165) is 6.07 Å². The predicted molar refractivity (Wildman–Crippen MR) is 91.3 cm³/mol. The molecule has 3 rings (SSSR count). The summed E-state index contributed by atoms with van der Waals surface area (Å²) in [4.78, 5) is 17.9. The number of amides is 1. The van der Waals surface area contributed by atoms with Crippen LogP contribution < -0.4 is 0 Å². The molecule has 1 aliphatic heterocycles. The smallest absolute Gasteiger partial charge is 0.375 e. The van der Waals surface area contributed by atoms with Crippen LogP contribution in [0.25, 0.3) is 11.1 Å². The number of rotatable bonds is 4. The van der Waals surface area contributed by atoms with Gasteiger partial charge in [-0.1, -0.05) is 19.0 Å². The first-order valence-electron chi connectivity index (χ1n) is 8.86. The fourth-order valence-corrected chi connectivity index (χ4v) is 3.43. The molecule has 1 aliphatic rings. The fourth-order valence-electron chi connectivity index (χ4n) is 3.43. The molecule has 0 saturated carbocycles. The van der Waals surface area contributed by atoms with Crippen LogP contribution in [-0.2, 0) is 15.7 Å². The van der Waals surface area contributed by atoms with Gasteiger partial charge in [0.25, 0.3) is 5.71 Å². The summed E-state index contributed by atoms with van der Waals surface area (Å²) in [6.45, 7) is 4.32. The summed E-state index contributed by atoms with van der Waals surface area (Å²) in [7, 11) is 1.43. The normalized spacial score (nSPS) is 18.5. The van der Waals surface area contributed by atoms with Crippen molar-refractivity contribution < 1.29 is 27.2 Å². The maximum Gasteiger partial charge on any atom is 0.417 e. The van der Waals surface area contributed by atoms with Crippen molar-refractivity contribution in [3.63, 3.8) is 0 Å². The summed E-state index contributed by atoms with van der Waals surface area (Å²) in [6, 6.07) is 1.07. The van der Waals surface area contributed by atoms with Gasteiger partial charge in [-0.15, -0.1) is 0 Å². The van der Waals surface area contributed by atoms with Gasteiger partial charge in [0.2, 0.25) is 5.91 Å². The van der Waals surface area contributed by atoms with Gasteiger partial charge >= 0.3 is 6.18 Å². The summed E-state index contributed by atoms with van der Waals surface area (Å²) in [5, 5.41) is 3.83. The van der Waals surface area contributed by atoms with E-state index < -0.39 is 11.7 Å². The molecule has 0 aromatic carbocycles. The van der Waals surface area contributed by atoms with Gasteiger partial charge in [0.15, 0.2) is 0 Å². The number of methoxy groups -OCH3 is 1. The molecule has 0 spiro atoms. The van der Waals surface area contributed by atoms with E-state index in [2.05, 4.69) is 10.1 Å². The lowest BCUT2D eigenvalue weighted by atomic mass is 9.91. The number of hydrogen-bond donors (Lipinski definition) is 0. The number of nitrogens with zero attached hydrogens (tertiary/aromatic N) is 3. The maximum atomic E-state index is 13.7. The van der Waals surface area contributed by atoms with E-state index in [1.165, 1.54) is 7.11 Å². The second-order valence-corrected chi connectivity index (χ2v) is 7.11. The Morgan fingerprint density at radius 2 is 2.19 bits per heavy atom. The third kappa shape index (κ3) is 3.92. The Kier molecular flexibility index (Phi) is 5.41. The second kappa shape index (κ2) is 7.46. The van der Waals surface area contributed by atoms with Crippen molar-refractivity contribution in [1.82, 2.24) is 15.0 Å². The summed E-state index contributed by atoms with van der Waals surface area (Å²) >= 11 is 0. The molecule has 0 unspecified atom stereocenters. The number of fused-ring (bicyclic) bond motifs is 1. The molecule has 1 fully saturated rings. The second-order valence-electron chi connectivity index (χ2n) is 7.11. The number of likely N-dealkylation sites (tertiary alicyclic amines) is 1. The number of piperidine rings is 1.